The summed E-state index contributed by atoms with van der Waals surface area (Å²) in [7, 11) is -0.547. The van der Waals surface area contributed by atoms with Crippen molar-refractivity contribution in [2.75, 3.05) is 24.7 Å². The Morgan fingerprint density at radius 2 is 1.96 bits per heavy atom. The predicted octanol–water partition coefficient (Wildman–Crippen LogP) is -0.707. The fourth-order valence-electron chi connectivity index (χ4n) is 2.72. The summed E-state index contributed by atoms with van der Waals surface area (Å²) in [6.07, 6.45) is -3.65. The van der Waals surface area contributed by atoms with Crippen molar-refractivity contribution in [2.24, 2.45) is 0 Å². The third-order valence-corrected chi connectivity index (χ3v) is 7.37. The average molecular weight is 380 g/mol. The molecule has 0 bridgehead atoms. The smallest absolute Gasteiger partial charge is 0.169 e. The van der Waals surface area contributed by atoms with Gasteiger partial charge in [0, 0.05) is 15.9 Å². The summed E-state index contributed by atoms with van der Waals surface area (Å²) in [5, 5.41) is 48.9. The monoisotopic (exact) mass is 379 g/mol. The summed E-state index contributed by atoms with van der Waals surface area (Å²) in [5.41, 5.74) is 0.757. The molecule has 1 aromatic rings. The third-order valence-electron chi connectivity index (χ3n) is 4.17. The molecule has 0 saturated carbocycles. The molecule has 2 unspecified atom stereocenters. The van der Waals surface area contributed by atoms with Gasteiger partial charge in [0.15, 0.2) is 5.25 Å². The number of halogens is 1. The van der Waals surface area contributed by atoms with Crippen LogP contribution >= 0.6 is 11.6 Å². The summed E-state index contributed by atoms with van der Waals surface area (Å²) >= 11 is 6.05. The first-order chi connectivity index (χ1) is 11.5. The van der Waals surface area contributed by atoms with Gasteiger partial charge in [-0.1, -0.05) is 29.8 Å². The highest BCUT2D eigenvalue weighted by Crippen LogP contribution is 2.25. The maximum absolute atomic E-state index is 10.3. The zero-order valence-electron chi connectivity index (χ0n) is 13.2. The van der Waals surface area contributed by atoms with Crippen molar-refractivity contribution in [3.8, 4) is 0 Å². The molecular formula is C16H24ClO6S+. The maximum atomic E-state index is 10.3. The number of hydrogen-bond acceptors (Lipinski definition) is 6. The minimum atomic E-state index is -0.984. The minimum Gasteiger partial charge on any atom is -0.394 e. The van der Waals surface area contributed by atoms with Crippen LogP contribution in [0.3, 0.4) is 0 Å². The second-order valence-corrected chi connectivity index (χ2v) is 8.59. The summed E-state index contributed by atoms with van der Waals surface area (Å²) in [6, 6.07) is 7.16. The van der Waals surface area contributed by atoms with Crippen LogP contribution < -0.4 is 0 Å². The normalized spacial score (nSPS) is 29.6. The molecule has 1 aromatic carbocycles. The van der Waals surface area contributed by atoms with E-state index in [4.69, 9.17) is 16.3 Å². The van der Waals surface area contributed by atoms with E-state index in [-0.39, 0.29) is 25.6 Å². The van der Waals surface area contributed by atoms with Crippen molar-refractivity contribution in [3.63, 3.8) is 0 Å². The van der Waals surface area contributed by atoms with Crippen LogP contribution in [0.25, 0.3) is 0 Å². The van der Waals surface area contributed by atoms with Gasteiger partial charge in [0.1, 0.15) is 35.9 Å². The van der Waals surface area contributed by atoms with Crippen LogP contribution in [0.4, 0.5) is 0 Å². The molecule has 1 aliphatic heterocycles. The molecule has 0 aliphatic carbocycles. The quantitative estimate of drug-likeness (QED) is 0.382. The van der Waals surface area contributed by atoms with Crippen molar-refractivity contribution in [1.29, 1.82) is 0 Å². The van der Waals surface area contributed by atoms with Gasteiger partial charge in [0.2, 0.25) is 0 Å². The molecule has 1 aliphatic rings. The Morgan fingerprint density at radius 3 is 2.58 bits per heavy atom. The van der Waals surface area contributed by atoms with E-state index in [9.17, 15) is 25.5 Å². The van der Waals surface area contributed by atoms with Gasteiger partial charge >= 0.3 is 0 Å². The number of ether oxygens (including phenoxy) is 1. The highest BCUT2D eigenvalue weighted by atomic mass is 35.5. The molecule has 5 N–H and O–H groups in total. The lowest BCUT2D eigenvalue weighted by Gasteiger charge is -2.22. The molecule has 136 valence electrons. The Bertz CT molecular complexity index is 519. The van der Waals surface area contributed by atoms with E-state index in [1.165, 1.54) is 0 Å². The highest BCUT2D eigenvalue weighted by Gasteiger charge is 2.50. The fraction of sp³-hybridized carbons (Fsp3) is 0.625. The SMILES string of the molecule is OC[C@H](OCc1ccccc1Cl)C(O)C[S+]1C[C@@H](O)[C@H](O)[C@H]1CO. The van der Waals surface area contributed by atoms with E-state index in [1.807, 2.05) is 6.07 Å². The van der Waals surface area contributed by atoms with Gasteiger partial charge in [-0.3, -0.25) is 0 Å². The number of aliphatic hydroxyl groups excluding tert-OH is 5. The van der Waals surface area contributed by atoms with E-state index in [2.05, 4.69) is 0 Å². The number of hydrogen-bond donors (Lipinski definition) is 5. The average Bonchev–Trinajstić information content (AvgIpc) is 2.83. The van der Waals surface area contributed by atoms with Crippen LogP contribution in [0, 0.1) is 0 Å². The second-order valence-electron chi connectivity index (χ2n) is 5.84. The molecule has 1 saturated heterocycles. The van der Waals surface area contributed by atoms with E-state index in [1.54, 1.807) is 18.2 Å². The minimum absolute atomic E-state index is 0.157. The third kappa shape index (κ3) is 4.83. The first-order valence-electron chi connectivity index (χ1n) is 7.75. The summed E-state index contributed by atoms with van der Waals surface area (Å²) in [4.78, 5) is 0. The van der Waals surface area contributed by atoms with Gasteiger partial charge in [-0.25, -0.2) is 0 Å². The molecule has 1 fully saturated rings. The molecule has 6 nitrogen and oxygen atoms in total. The highest BCUT2D eigenvalue weighted by molar-refractivity contribution is 7.97. The van der Waals surface area contributed by atoms with Crippen LogP contribution in [0.1, 0.15) is 5.56 Å². The zero-order chi connectivity index (χ0) is 17.7. The first-order valence-corrected chi connectivity index (χ1v) is 9.75. The first kappa shape index (κ1) is 19.9. The Hall–Kier alpha value is -0.380. The van der Waals surface area contributed by atoms with Crippen LogP contribution in [-0.4, -0.2) is 79.9 Å². The summed E-state index contributed by atoms with van der Waals surface area (Å²) in [6.45, 7) is -0.458. The van der Waals surface area contributed by atoms with Gasteiger partial charge in [0.05, 0.1) is 19.8 Å². The standard InChI is InChI=1S/C16H24ClO6S/c17-11-4-2-1-3-10(11)7-23-14(5-18)12(20)8-24-9-13(21)16(22)15(24)6-19/h1-4,12-16,18-22H,5-9H2/q+1/t12?,13-,14+,15-,16+,24?/m1/s1. The van der Waals surface area contributed by atoms with Crippen molar-refractivity contribution >= 4 is 22.5 Å². The molecular weight excluding hydrogens is 356 g/mol. The summed E-state index contributed by atoms with van der Waals surface area (Å²) in [5.74, 6) is 0.569. The van der Waals surface area contributed by atoms with E-state index in [0.29, 0.717) is 10.8 Å². The lowest BCUT2D eigenvalue weighted by molar-refractivity contribution is -0.0623. The molecule has 0 amide bonds. The van der Waals surface area contributed by atoms with Crippen LogP contribution in [-0.2, 0) is 22.2 Å². The molecule has 0 spiro atoms. The van der Waals surface area contributed by atoms with E-state index in [0.717, 1.165) is 5.56 Å². The molecule has 24 heavy (non-hydrogen) atoms. The van der Waals surface area contributed by atoms with Gasteiger partial charge in [-0.15, -0.1) is 0 Å². The zero-order valence-corrected chi connectivity index (χ0v) is 14.7. The largest absolute Gasteiger partial charge is 0.394 e. The van der Waals surface area contributed by atoms with Crippen LogP contribution in [0.15, 0.2) is 24.3 Å². The predicted molar refractivity (Wildman–Crippen MR) is 93.1 cm³/mol. The van der Waals surface area contributed by atoms with Crippen molar-refractivity contribution in [3.05, 3.63) is 34.9 Å². The molecule has 8 heteroatoms. The molecule has 1 heterocycles. The van der Waals surface area contributed by atoms with Crippen LogP contribution in [0.2, 0.25) is 5.02 Å². The Morgan fingerprint density at radius 1 is 1.25 bits per heavy atom. The molecule has 2 rings (SSSR count). The fourth-order valence-corrected chi connectivity index (χ4v) is 5.61. The second kappa shape index (κ2) is 9.35. The molecule has 0 aromatic heterocycles. The number of benzene rings is 1. The number of rotatable bonds is 8. The molecule has 0 radical (unpaired) electrons. The maximum Gasteiger partial charge on any atom is 0.169 e. The van der Waals surface area contributed by atoms with E-state index >= 15 is 0 Å². The van der Waals surface area contributed by atoms with Gasteiger partial charge in [0.25, 0.3) is 0 Å². The Labute approximate surface area is 149 Å². The van der Waals surface area contributed by atoms with Crippen molar-refractivity contribution < 1.29 is 30.3 Å². The summed E-state index contributed by atoms with van der Waals surface area (Å²) < 4.78 is 5.59. The van der Waals surface area contributed by atoms with Gasteiger partial charge < -0.3 is 30.3 Å². The Kier molecular flexibility index (Phi) is 7.77. The van der Waals surface area contributed by atoms with Crippen molar-refractivity contribution in [2.45, 2.75) is 36.3 Å². The number of aliphatic hydroxyl groups is 5. The lowest BCUT2D eigenvalue weighted by atomic mass is 10.2. The van der Waals surface area contributed by atoms with Gasteiger partial charge in [-0.2, -0.15) is 0 Å². The van der Waals surface area contributed by atoms with Crippen LogP contribution in [0.5, 0.6) is 0 Å². The lowest BCUT2D eigenvalue weighted by Crippen LogP contribution is -2.42. The van der Waals surface area contributed by atoms with Gasteiger partial charge in [-0.05, 0) is 11.6 Å². The Balaban J connectivity index is 1.91. The molecule has 6 atom stereocenters. The topological polar surface area (TPSA) is 110 Å². The van der Waals surface area contributed by atoms with E-state index < -0.39 is 40.6 Å². The van der Waals surface area contributed by atoms with Crippen molar-refractivity contribution in [1.82, 2.24) is 0 Å².